The molecule has 0 radical (unpaired) electrons. The van der Waals surface area contributed by atoms with E-state index < -0.39 is 0 Å². The molecule has 2 rings (SSSR count). The SMILES string of the molecule is Cc1cc(Cl)ccc1OCCNC1CCCCC1. The summed E-state index contributed by atoms with van der Waals surface area (Å²) in [4.78, 5) is 0. The van der Waals surface area contributed by atoms with Gasteiger partial charge in [-0.2, -0.15) is 0 Å². The van der Waals surface area contributed by atoms with Gasteiger partial charge in [0.15, 0.2) is 0 Å². The number of nitrogens with one attached hydrogen (secondary N) is 1. The van der Waals surface area contributed by atoms with Crippen LogP contribution in [0.2, 0.25) is 5.02 Å². The largest absolute Gasteiger partial charge is 0.492 e. The van der Waals surface area contributed by atoms with Gasteiger partial charge in [-0.15, -0.1) is 0 Å². The Morgan fingerprint density at radius 2 is 2.06 bits per heavy atom. The fraction of sp³-hybridized carbons (Fsp3) is 0.600. The lowest BCUT2D eigenvalue weighted by Crippen LogP contribution is -2.34. The first-order valence-corrected chi connectivity index (χ1v) is 7.26. The summed E-state index contributed by atoms with van der Waals surface area (Å²) >= 11 is 5.91. The zero-order chi connectivity index (χ0) is 12.8. The molecular formula is C15H22ClNO. The number of halogens is 1. The van der Waals surface area contributed by atoms with E-state index in [1.54, 1.807) is 0 Å². The summed E-state index contributed by atoms with van der Waals surface area (Å²) in [5, 5.41) is 4.34. The fourth-order valence-corrected chi connectivity index (χ4v) is 2.73. The van der Waals surface area contributed by atoms with E-state index >= 15 is 0 Å². The van der Waals surface area contributed by atoms with Crippen LogP contribution in [0.4, 0.5) is 0 Å². The maximum absolute atomic E-state index is 5.91. The van der Waals surface area contributed by atoms with Crippen LogP contribution in [0.5, 0.6) is 5.75 Å². The molecule has 1 aromatic carbocycles. The Morgan fingerprint density at radius 3 is 2.78 bits per heavy atom. The van der Waals surface area contributed by atoms with Crippen LogP contribution in [0.15, 0.2) is 18.2 Å². The van der Waals surface area contributed by atoms with Crippen LogP contribution >= 0.6 is 11.6 Å². The van der Waals surface area contributed by atoms with Crippen LogP contribution in [0.25, 0.3) is 0 Å². The third-order valence-electron chi connectivity index (χ3n) is 3.53. The minimum Gasteiger partial charge on any atom is -0.492 e. The van der Waals surface area contributed by atoms with Crippen molar-refractivity contribution >= 4 is 11.6 Å². The van der Waals surface area contributed by atoms with Gasteiger partial charge in [0.1, 0.15) is 12.4 Å². The van der Waals surface area contributed by atoms with Crippen molar-refractivity contribution in [3.8, 4) is 5.75 Å². The molecule has 1 aromatic rings. The average Bonchev–Trinajstić information content (AvgIpc) is 2.38. The number of ether oxygens (including phenoxy) is 1. The van der Waals surface area contributed by atoms with Gasteiger partial charge in [-0.3, -0.25) is 0 Å². The van der Waals surface area contributed by atoms with Crippen molar-refractivity contribution in [2.45, 2.75) is 45.1 Å². The van der Waals surface area contributed by atoms with E-state index in [0.717, 1.165) is 29.5 Å². The van der Waals surface area contributed by atoms with Gasteiger partial charge in [0.05, 0.1) is 0 Å². The molecule has 0 atom stereocenters. The van der Waals surface area contributed by atoms with Gasteiger partial charge in [-0.05, 0) is 43.5 Å². The second kappa shape index (κ2) is 7.01. The number of aryl methyl sites for hydroxylation is 1. The Hall–Kier alpha value is -0.730. The third kappa shape index (κ3) is 4.18. The summed E-state index contributed by atoms with van der Waals surface area (Å²) in [5.74, 6) is 0.935. The molecule has 1 N–H and O–H groups in total. The van der Waals surface area contributed by atoms with Gasteiger partial charge in [0, 0.05) is 17.6 Å². The third-order valence-corrected chi connectivity index (χ3v) is 3.77. The summed E-state index contributed by atoms with van der Waals surface area (Å²) in [5.41, 5.74) is 1.10. The minimum atomic E-state index is 0.702. The highest BCUT2D eigenvalue weighted by atomic mass is 35.5. The maximum Gasteiger partial charge on any atom is 0.122 e. The molecule has 1 fully saturated rings. The van der Waals surface area contributed by atoms with Gasteiger partial charge < -0.3 is 10.1 Å². The average molecular weight is 268 g/mol. The molecule has 100 valence electrons. The molecule has 18 heavy (non-hydrogen) atoms. The fourth-order valence-electron chi connectivity index (χ4n) is 2.51. The Bertz CT molecular complexity index is 375. The normalized spacial score (nSPS) is 16.8. The highest BCUT2D eigenvalue weighted by Gasteiger charge is 2.11. The molecular weight excluding hydrogens is 246 g/mol. The van der Waals surface area contributed by atoms with E-state index in [1.165, 1.54) is 32.1 Å². The number of hydrogen-bond acceptors (Lipinski definition) is 2. The van der Waals surface area contributed by atoms with Crippen molar-refractivity contribution in [3.05, 3.63) is 28.8 Å². The van der Waals surface area contributed by atoms with Crippen molar-refractivity contribution in [1.29, 1.82) is 0 Å². The molecule has 3 heteroatoms. The molecule has 0 aromatic heterocycles. The number of benzene rings is 1. The first-order chi connectivity index (χ1) is 8.75. The quantitative estimate of drug-likeness (QED) is 0.816. The van der Waals surface area contributed by atoms with E-state index in [2.05, 4.69) is 5.32 Å². The van der Waals surface area contributed by atoms with Gasteiger partial charge in [0.25, 0.3) is 0 Å². The molecule has 0 aliphatic heterocycles. The van der Waals surface area contributed by atoms with Gasteiger partial charge in [-0.1, -0.05) is 30.9 Å². The lowest BCUT2D eigenvalue weighted by molar-refractivity contribution is 0.288. The lowest BCUT2D eigenvalue weighted by Gasteiger charge is -2.22. The van der Waals surface area contributed by atoms with Crippen molar-refractivity contribution < 1.29 is 4.74 Å². The molecule has 0 amide bonds. The summed E-state index contributed by atoms with van der Waals surface area (Å²) in [6, 6.07) is 6.45. The molecule has 0 bridgehead atoms. The van der Waals surface area contributed by atoms with Crippen LogP contribution < -0.4 is 10.1 Å². The zero-order valence-corrected chi connectivity index (χ0v) is 11.8. The molecule has 1 aliphatic rings. The summed E-state index contributed by atoms with van der Waals surface area (Å²) < 4.78 is 5.76. The van der Waals surface area contributed by atoms with E-state index in [0.29, 0.717) is 6.04 Å². The van der Waals surface area contributed by atoms with Crippen molar-refractivity contribution in [3.63, 3.8) is 0 Å². The van der Waals surface area contributed by atoms with Crippen LogP contribution in [-0.4, -0.2) is 19.2 Å². The van der Waals surface area contributed by atoms with E-state index in [4.69, 9.17) is 16.3 Å². The Kier molecular flexibility index (Phi) is 5.33. The first kappa shape index (κ1) is 13.7. The molecule has 0 saturated heterocycles. The molecule has 2 nitrogen and oxygen atoms in total. The van der Waals surface area contributed by atoms with E-state index in [9.17, 15) is 0 Å². The topological polar surface area (TPSA) is 21.3 Å². The Morgan fingerprint density at radius 1 is 1.28 bits per heavy atom. The predicted molar refractivity (Wildman–Crippen MR) is 76.6 cm³/mol. The monoisotopic (exact) mass is 267 g/mol. The molecule has 1 aliphatic carbocycles. The van der Waals surface area contributed by atoms with Crippen LogP contribution in [0, 0.1) is 6.92 Å². The maximum atomic E-state index is 5.91. The van der Waals surface area contributed by atoms with Crippen molar-refractivity contribution in [1.82, 2.24) is 5.32 Å². The standard InChI is InChI=1S/C15H22ClNO/c1-12-11-13(16)7-8-15(12)18-10-9-17-14-5-3-2-4-6-14/h7-8,11,14,17H,2-6,9-10H2,1H3. The summed E-state index contributed by atoms with van der Waals surface area (Å²) in [7, 11) is 0. The van der Waals surface area contributed by atoms with Crippen LogP contribution in [-0.2, 0) is 0 Å². The minimum absolute atomic E-state index is 0.702. The smallest absolute Gasteiger partial charge is 0.122 e. The highest BCUT2D eigenvalue weighted by Crippen LogP contribution is 2.21. The van der Waals surface area contributed by atoms with Gasteiger partial charge >= 0.3 is 0 Å². The lowest BCUT2D eigenvalue weighted by atomic mass is 9.96. The highest BCUT2D eigenvalue weighted by molar-refractivity contribution is 6.30. The van der Waals surface area contributed by atoms with Gasteiger partial charge in [-0.25, -0.2) is 0 Å². The number of rotatable bonds is 5. The van der Waals surface area contributed by atoms with Crippen LogP contribution in [0.1, 0.15) is 37.7 Å². The molecule has 0 spiro atoms. The van der Waals surface area contributed by atoms with Gasteiger partial charge in [0.2, 0.25) is 0 Å². The molecule has 0 unspecified atom stereocenters. The Balaban J connectivity index is 1.68. The van der Waals surface area contributed by atoms with Crippen molar-refractivity contribution in [2.75, 3.05) is 13.2 Å². The summed E-state index contributed by atoms with van der Waals surface area (Å²) in [6.45, 7) is 3.67. The predicted octanol–water partition coefficient (Wildman–Crippen LogP) is 3.95. The van der Waals surface area contributed by atoms with Crippen molar-refractivity contribution in [2.24, 2.45) is 0 Å². The zero-order valence-electron chi connectivity index (χ0n) is 11.0. The summed E-state index contributed by atoms with van der Waals surface area (Å²) in [6.07, 6.45) is 6.78. The van der Waals surface area contributed by atoms with E-state index in [-0.39, 0.29) is 0 Å². The Labute approximate surface area is 115 Å². The molecule has 0 heterocycles. The number of hydrogen-bond donors (Lipinski definition) is 1. The molecule has 1 saturated carbocycles. The second-order valence-electron chi connectivity index (χ2n) is 5.05. The first-order valence-electron chi connectivity index (χ1n) is 6.88. The van der Waals surface area contributed by atoms with Crippen LogP contribution in [0.3, 0.4) is 0 Å². The second-order valence-corrected chi connectivity index (χ2v) is 5.48. The van der Waals surface area contributed by atoms with E-state index in [1.807, 2.05) is 25.1 Å².